The van der Waals surface area contributed by atoms with Gasteiger partial charge in [0, 0.05) is 31.2 Å². The number of hydrogen-bond donors (Lipinski definition) is 0. The van der Waals surface area contributed by atoms with E-state index < -0.39 is 0 Å². The Morgan fingerprint density at radius 3 is 2.55 bits per heavy atom. The fraction of sp³-hybridized carbons (Fsp3) is 0.294. The van der Waals surface area contributed by atoms with Gasteiger partial charge >= 0.3 is 0 Å². The number of para-hydroxylation sites is 1. The van der Waals surface area contributed by atoms with Gasteiger partial charge in [-0.25, -0.2) is 0 Å². The highest BCUT2D eigenvalue weighted by molar-refractivity contribution is 7.12. The number of rotatable bonds is 2. The Morgan fingerprint density at radius 2 is 1.86 bits per heavy atom. The summed E-state index contributed by atoms with van der Waals surface area (Å²) in [4.78, 5) is 29.5. The predicted octanol–water partition coefficient (Wildman–Crippen LogP) is 2.48. The minimum atomic E-state index is -0.0517. The topological polar surface area (TPSA) is 40.6 Å². The van der Waals surface area contributed by atoms with E-state index in [9.17, 15) is 9.59 Å². The van der Waals surface area contributed by atoms with E-state index in [1.807, 2.05) is 57.6 Å². The van der Waals surface area contributed by atoms with E-state index in [0.717, 1.165) is 10.6 Å². The van der Waals surface area contributed by atoms with Crippen molar-refractivity contribution in [1.82, 2.24) is 4.90 Å². The number of thiophene rings is 1. The van der Waals surface area contributed by atoms with Crippen LogP contribution in [-0.4, -0.2) is 36.3 Å². The van der Waals surface area contributed by atoms with Crippen LogP contribution in [0, 0.1) is 11.8 Å². The molecular weight excluding hydrogens is 296 g/mol. The van der Waals surface area contributed by atoms with Crippen molar-refractivity contribution < 1.29 is 9.59 Å². The molecule has 2 saturated heterocycles. The molecule has 1 aromatic heterocycles. The van der Waals surface area contributed by atoms with Crippen LogP contribution in [-0.2, 0) is 4.79 Å². The lowest BCUT2D eigenvalue weighted by Gasteiger charge is -2.21. The van der Waals surface area contributed by atoms with Crippen LogP contribution in [0.1, 0.15) is 9.67 Å². The number of benzene rings is 1. The smallest absolute Gasteiger partial charge is 0.263 e. The molecule has 0 N–H and O–H groups in total. The summed E-state index contributed by atoms with van der Waals surface area (Å²) in [6, 6.07) is 13.5. The van der Waals surface area contributed by atoms with Gasteiger partial charge in [-0.3, -0.25) is 9.59 Å². The maximum atomic E-state index is 12.6. The van der Waals surface area contributed by atoms with Crippen LogP contribution in [0.2, 0.25) is 0 Å². The van der Waals surface area contributed by atoms with Crippen LogP contribution >= 0.6 is 11.3 Å². The minimum Gasteiger partial charge on any atom is -0.337 e. The minimum absolute atomic E-state index is 0.0517. The highest BCUT2D eigenvalue weighted by atomic mass is 32.1. The quantitative estimate of drug-likeness (QED) is 0.855. The number of nitrogens with zero attached hydrogens (tertiary/aromatic N) is 2. The highest BCUT2D eigenvalue weighted by Gasteiger charge is 2.47. The van der Waals surface area contributed by atoms with Crippen LogP contribution in [0.5, 0.6) is 0 Å². The van der Waals surface area contributed by atoms with Crippen molar-refractivity contribution in [3.8, 4) is 0 Å². The molecule has 0 aliphatic carbocycles. The second-order valence-electron chi connectivity index (χ2n) is 5.84. The van der Waals surface area contributed by atoms with E-state index in [1.165, 1.54) is 11.3 Å². The molecule has 0 bridgehead atoms. The van der Waals surface area contributed by atoms with Gasteiger partial charge in [0.15, 0.2) is 0 Å². The number of carbonyl (C=O) groups is 2. The fourth-order valence-electron chi connectivity index (χ4n) is 3.42. The summed E-state index contributed by atoms with van der Waals surface area (Å²) >= 11 is 1.46. The molecule has 2 aliphatic rings. The lowest BCUT2D eigenvalue weighted by molar-refractivity contribution is -0.120. The first-order chi connectivity index (χ1) is 10.7. The zero-order chi connectivity index (χ0) is 15.1. The lowest BCUT2D eigenvalue weighted by atomic mass is 10.0. The van der Waals surface area contributed by atoms with Gasteiger partial charge in [-0.05, 0) is 23.6 Å². The van der Waals surface area contributed by atoms with Crippen LogP contribution in [0.25, 0.3) is 0 Å². The van der Waals surface area contributed by atoms with Gasteiger partial charge in [-0.1, -0.05) is 24.3 Å². The molecule has 2 aliphatic heterocycles. The van der Waals surface area contributed by atoms with Crippen molar-refractivity contribution in [3.63, 3.8) is 0 Å². The Balaban J connectivity index is 1.50. The maximum absolute atomic E-state index is 12.6. The van der Waals surface area contributed by atoms with Crippen LogP contribution in [0.4, 0.5) is 5.69 Å². The molecule has 3 heterocycles. The van der Waals surface area contributed by atoms with Crippen LogP contribution in [0.3, 0.4) is 0 Å². The van der Waals surface area contributed by atoms with Crippen molar-refractivity contribution in [1.29, 1.82) is 0 Å². The normalized spacial score (nSPS) is 23.9. The molecule has 0 spiro atoms. The van der Waals surface area contributed by atoms with Crippen molar-refractivity contribution in [2.24, 2.45) is 11.8 Å². The van der Waals surface area contributed by atoms with E-state index >= 15 is 0 Å². The molecule has 4 nitrogen and oxygen atoms in total. The summed E-state index contributed by atoms with van der Waals surface area (Å²) in [6.45, 7) is 1.93. The molecule has 112 valence electrons. The number of amides is 2. The Labute approximate surface area is 133 Å². The highest BCUT2D eigenvalue weighted by Crippen LogP contribution is 2.35. The van der Waals surface area contributed by atoms with E-state index in [2.05, 4.69) is 0 Å². The molecule has 4 rings (SSSR count). The number of carbonyl (C=O) groups excluding carboxylic acids is 2. The van der Waals surface area contributed by atoms with E-state index in [-0.39, 0.29) is 23.7 Å². The second kappa shape index (κ2) is 5.25. The molecule has 1 aromatic carbocycles. The molecule has 0 saturated carbocycles. The molecule has 2 atom stereocenters. The molecule has 2 fully saturated rings. The summed E-state index contributed by atoms with van der Waals surface area (Å²) in [6.07, 6.45) is 0. The van der Waals surface area contributed by atoms with Crippen molar-refractivity contribution >= 4 is 28.8 Å². The number of likely N-dealkylation sites (tertiary alicyclic amines) is 1. The fourth-order valence-corrected chi connectivity index (χ4v) is 4.11. The molecule has 0 unspecified atom stereocenters. The summed E-state index contributed by atoms with van der Waals surface area (Å²) in [7, 11) is 0. The molecule has 5 heteroatoms. The second-order valence-corrected chi connectivity index (χ2v) is 6.79. The zero-order valence-electron chi connectivity index (χ0n) is 12.0. The number of anilines is 1. The van der Waals surface area contributed by atoms with Gasteiger partial charge in [-0.15, -0.1) is 11.3 Å². The Morgan fingerprint density at radius 1 is 1.05 bits per heavy atom. The van der Waals surface area contributed by atoms with E-state index in [1.54, 1.807) is 0 Å². The van der Waals surface area contributed by atoms with Gasteiger partial charge < -0.3 is 9.80 Å². The first-order valence-corrected chi connectivity index (χ1v) is 8.31. The van der Waals surface area contributed by atoms with Gasteiger partial charge in [-0.2, -0.15) is 0 Å². The first-order valence-electron chi connectivity index (χ1n) is 7.43. The molecule has 0 radical (unpaired) electrons. The molecule has 2 aromatic rings. The van der Waals surface area contributed by atoms with Gasteiger partial charge in [0.1, 0.15) is 0 Å². The summed E-state index contributed by atoms with van der Waals surface area (Å²) in [5, 5.41) is 1.91. The molecule has 2 amide bonds. The third kappa shape index (κ3) is 2.13. The first kappa shape index (κ1) is 13.5. The van der Waals surface area contributed by atoms with E-state index in [0.29, 0.717) is 19.6 Å². The van der Waals surface area contributed by atoms with Gasteiger partial charge in [0.25, 0.3) is 5.91 Å². The van der Waals surface area contributed by atoms with Crippen LogP contribution in [0.15, 0.2) is 47.8 Å². The Bertz CT molecular complexity index is 699. The molecule has 22 heavy (non-hydrogen) atoms. The zero-order valence-corrected chi connectivity index (χ0v) is 12.8. The van der Waals surface area contributed by atoms with Crippen molar-refractivity contribution in [2.75, 3.05) is 24.5 Å². The average molecular weight is 312 g/mol. The SMILES string of the molecule is O=C(c1cccs1)N1C[C@H]2CN(c3ccccc3)C(=O)[C@@H]2C1. The predicted molar refractivity (Wildman–Crippen MR) is 86.0 cm³/mol. The van der Waals surface area contributed by atoms with Gasteiger partial charge in [0.2, 0.25) is 5.91 Å². The summed E-state index contributed by atoms with van der Waals surface area (Å²) < 4.78 is 0. The monoisotopic (exact) mass is 312 g/mol. The maximum Gasteiger partial charge on any atom is 0.263 e. The van der Waals surface area contributed by atoms with Crippen LogP contribution < -0.4 is 4.90 Å². The largest absolute Gasteiger partial charge is 0.337 e. The Kier molecular flexibility index (Phi) is 3.22. The Hall–Kier alpha value is -2.14. The summed E-state index contributed by atoms with van der Waals surface area (Å²) in [5.41, 5.74) is 0.957. The van der Waals surface area contributed by atoms with Gasteiger partial charge in [0.05, 0.1) is 10.8 Å². The standard InChI is InChI=1S/C17H16N2O2S/c20-16-14-11-18(17(21)15-7-4-8-22-15)9-12(14)10-19(16)13-5-2-1-3-6-13/h1-8,12,14H,9-11H2/t12-,14+/m0/s1. The van der Waals surface area contributed by atoms with Crippen molar-refractivity contribution in [2.45, 2.75) is 0 Å². The third-order valence-electron chi connectivity index (χ3n) is 4.53. The third-order valence-corrected chi connectivity index (χ3v) is 5.39. The number of fused-ring (bicyclic) bond motifs is 1. The lowest BCUT2D eigenvalue weighted by Crippen LogP contribution is -2.35. The summed E-state index contributed by atoms with van der Waals surface area (Å²) in [5.74, 6) is 0.405. The van der Waals surface area contributed by atoms with Crippen molar-refractivity contribution in [3.05, 3.63) is 52.7 Å². The number of hydrogen-bond acceptors (Lipinski definition) is 3. The average Bonchev–Trinajstić information content (AvgIpc) is 3.25. The van der Waals surface area contributed by atoms with E-state index in [4.69, 9.17) is 0 Å². The molecular formula is C17H16N2O2S.